The van der Waals surface area contributed by atoms with E-state index in [1.807, 2.05) is 0 Å². The molecule has 0 unspecified atom stereocenters. The zero-order valence-electron chi connectivity index (χ0n) is 13.9. The number of carbonyl (C=O) groups excluding carboxylic acids is 2. The smallest absolute Gasteiger partial charge is 0.277 e. The minimum Gasteiger partial charge on any atom is -0.354 e. The van der Waals surface area contributed by atoms with Gasteiger partial charge in [-0.25, -0.2) is 8.42 Å². The van der Waals surface area contributed by atoms with Crippen molar-refractivity contribution in [2.45, 2.75) is 4.90 Å². The zero-order valence-corrected chi connectivity index (χ0v) is 15.5. The van der Waals surface area contributed by atoms with E-state index in [1.165, 1.54) is 23.5 Å². The number of piperazine rings is 1. The normalized spacial score (nSPS) is 15.8. The summed E-state index contributed by atoms with van der Waals surface area (Å²) in [6, 6.07) is 6.31. The third-order valence-corrected chi connectivity index (χ3v) is 6.37. The molecule has 0 aliphatic carbocycles. The number of carbonyl (C=O) groups is 2. The molecule has 2 rings (SSSR count). The number of hydrogen-bond donors (Lipinski definition) is 2. The molecule has 10 heteroatoms. The van der Waals surface area contributed by atoms with Crippen LogP contribution in [0.15, 0.2) is 29.2 Å². The summed E-state index contributed by atoms with van der Waals surface area (Å²) >= 11 is 5.99. The number of nitrogens with two attached hydrogens (primary N) is 1. The van der Waals surface area contributed by atoms with Gasteiger partial charge >= 0.3 is 0 Å². The fourth-order valence-corrected chi connectivity index (χ4v) is 4.44. The first-order chi connectivity index (χ1) is 11.9. The number of halogens is 1. The van der Waals surface area contributed by atoms with Crippen molar-refractivity contribution in [3.63, 3.8) is 0 Å². The number of amides is 2. The molecule has 0 atom stereocenters. The van der Waals surface area contributed by atoms with Gasteiger partial charge in [-0.2, -0.15) is 4.31 Å². The molecule has 2 amide bonds. The maximum atomic E-state index is 12.7. The summed E-state index contributed by atoms with van der Waals surface area (Å²) in [5.74, 6) is -0.262. The number of hydrogen-bond acceptors (Lipinski definition) is 4. The molecule has 8 nitrogen and oxygen atoms in total. The minimum absolute atomic E-state index is 0.0790. The number of benzene rings is 1. The molecule has 138 valence electrons. The Balaban J connectivity index is 1.90. The second-order valence-electron chi connectivity index (χ2n) is 5.59. The molecule has 1 aromatic carbocycles. The van der Waals surface area contributed by atoms with Crippen molar-refractivity contribution in [3.05, 3.63) is 29.3 Å². The van der Waals surface area contributed by atoms with E-state index < -0.39 is 10.0 Å². The minimum atomic E-state index is -3.67. The summed E-state index contributed by atoms with van der Waals surface area (Å²) in [6.45, 7) is 1.41. The first kappa shape index (κ1) is 19.6. The second kappa shape index (κ2) is 8.61. The molecule has 0 radical (unpaired) electrons. The summed E-state index contributed by atoms with van der Waals surface area (Å²) in [7, 11) is -2.13. The molecule has 1 aliphatic heterocycles. The van der Waals surface area contributed by atoms with Crippen molar-refractivity contribution in [1.29, 1.82) is 0 Å². The Bertz CT molecular complexity index is 733. The van der Waals surface area contributed by atoms with Gasteiger partial charge in [0.05, 0.1) is 5.02 Å². The van der Waals surface area contributed by atoms with Gasteiger partial charge in [-0.05, 0) is 12.1 Å². The molecule has 0 bridgehead atoms. The van der Waals surface area contributed by atoms with Gasteiger partial charge in [0.2, 0.25) is 10.0 Å². The largest absolute Gasteiger partial charge is 0.354 e. The fraction of sp³-hybridized carbons (Fsp3) is 0.467. The molecule has 1 aromatic rings. The highest BCUT2D eigenvalue weighted by Gasteiger charge is 2.31. The van der Waals surface area contributed by atoms with Crippen molar-refractivity contribution in [1.82, 2.24) is 14.5 Å². The van der Waals surface area contributed by atoms with Crippen LogP contribution in [0.4, 0.5) is 0 Å². The third-order valence-electron chi connectivity index (χ3n) is 3.97. The van der Waals surface area contributed by atoms with Gasteiger partial charge in [-0.1, -0.05) is 23.7 Å². The van der Waals surface area contributed by atoms with Gasteiger partial charge < -0.3 is 15.5 Å². The van der Waals surface area contributed by atoms with E-state index in [1.54, 1.807) is 22.3 Å². The standard InChI is InChI=1S/C15H21ClN4O4S/c1-17-14(21)10-18-11-15(22)19-6-8-20(9-7-19)25(23,24)13-5-3-2-4-12(13)16/h2-5,18H,6-11H2,1H3,(H,17,21)/p+1. The number of likely N-dealkylation sites (N-methyl/N-ethyl adjacent to an activating group) is 1. The molecule has 0 aromatic heterocycles. The molecule has 0 saturated carbocycles. The molecule has 3 N–H and O–H groups in total. The van der Waals surface area contributed by atoms with Gasteiger partial charge in [0.15, 0.2) is 13.1 Å². The van der Waals surface area contributed by atoms with E-state index in [9.17, 15) is 18.0 Å². The van der Waals surface area contributed by atoms with Crippen LogP contribution in [0.1, 0.15) is 0 Å². The lowest BCUT2D eigenvalue weighted by atomic mass is 10.3. The summed E-state index contributed by atoms with van der Waals surface area (Å²) in [4.78, 5) is 24.9. The Hall–Kier alpha value is -1.68. The van der Waals surface area contributed by atoms with Crippen LogP contribution in [0.25, 0.3) is 0 Å². The fourth-order valence-electron chi connectivity index (χ4n) is 2.53. The van der Waals surface area contributed by atoms with Gasteiger partial charge in [0.1, 0.15) is 4.90 Å². The molecule has 1 aliphatic rings. The Labute approximate surface area is 152 Å². The molecular formula is C15H22ClN4O4S+. The zero-order chi connectivity index (χ0) is 18.4. The summed E-state index contributed by atoms with van der Waals surface area (Å²) in [5.41, 5.74) is 0. The second-order valence-corrected chi connectivity index (χ2v) is 7.90. The summed E-state index contributed by atoms with van der Waals surface area (Å²) < 4.78 is 26.6. The summed E-state index contributed by atoms with van der Waals surface area (Å²) in [5, 5.41) is 4.29. The van der Waals surface area contributed by atoms with Crippen LogP contribution in [-0.4, -0.2) is 75.8 Å². The molecule has 1 heterocycles. The van der Waals surface area contributed by atoms with Crippen molar-refractivity contribution in [2.75, 3.05) is 46.3 Å². The van der Waals surface area contributed by atoms with Gasteiger partial charge in [-0.15, -0.1) is 0 Å². The topological polar surface area (TPSA) is 103 Å². The quantitative estimate of drug-likeness (QED) is 0.616. The van der Waals surface area contributed by atoms with Crippen molar-refractivity contribution >= 4 is 33.4 Å². The van der Waals surface area contributed by atoms with Crippen molar-refractivity contribution in [3.8, 4) is 0 Å². The lowest BCUT2D eigenvalue weighted by Gasteiger charge is -2.33. The predicted octanol–water partition coefficient (Wildman–Crippen LogP) is -1.52. The first-order valence-corrected chi connectivity index (χ1v) is 9.72. The highest BCUT2D eigenvalue weighted by molar-refractivity contribution is 7.89. The Morgan fingerprint density at radius 3 is 2.40 bits per heavy atom. The molecule has 1 saturated heterocycles. The van der Waals surface area contributed by atoms with Crippen LogP contribution in [0.2, 0.25) is 5.02 Å². The van der Waals surface area contributed by atoms with E-state index in [4.69, 9.17) is 11.6 Å². The van der Waals surface area contributed by atoms with Crippen LogP contribution in [0.5, 0.6) is 0 Å². The molecular weight excluding hydrogens is 368 g/mol. The maximum absolute atomic E-state index is 12.7. The van der Waals surface area contributed by atoms with E-state index in [2.05, 4.69) is 5.32 Å². The number of sulfonamides is 1. The van der Waals surface area contributed by atoms with Crippen LogP contribution >= 0.6 is 11.6 Å². The molecule has 25 heavy (non-hydrogen) atoms. The lowest BCUT2D eigenvalue weighted by molar-refractivity contribution is -0.633. The van der Waals surface area contributed by atoms with Crippen LogP contribution in [0, 0.1) is 0 Å². The predicted molar refractivity (Wildman–Crippen MR) is 92.5 cm³/mol. The maximum Gasteiger partial charge on any atom is 0.277 e. The molecule has 0 spiro atoms. The number of rotatable bonds is 6. The van der Waals surface area contributed by atoms with Gasteiger partial charge in [0.25, 0.3) is 11.8 Å². The van der Waals surface area contributed by atoms with Crippen LogP contribution < -0.4 is 10.6 Å². The number of nitrogens with zero attached hydrogens (tertiary/aromatic N) is 2. The Kier molecular flexibility index (Phi) is 6.77. The average Bonchev–Trinajstić information content (AvgIpc) is 2.61. The van der Waals surface area contributed by atoms with Crippen molar-refractivity contribution in [2.24, 2.45) is 0 Å². The Morgan fingerprint density at radius 1 is 1.16 bits per heavy atom. The summed E-state index contributed by atoms with van der Waals surface area (Å²) in [6.07, 6.45) is 0. The number of nitrogens with one attached hydrogen (secondary N) is 1. The third kappa shape index (κ3) is 4.91. The Morgan fingerprint density at radius 2 is 1.80 bits per heavy atom. The van der Waals surface area contributed by atoms with E-state index >= 15 is 0 Å². The SMILES string of the molecule is CNC(=O)C[NH2+]CC(=O)N1CCN(S(=O)(=O)c2ccccc2Cl)CC1. The average molecular weight is 390 g/mol. The van der Waals surface area contributed by atoms with Crippen LogP contribution in [0.3, 0.4) is 0 Å². The van der Waals surface area contributed by atoms with Crippen molar-refractivity contribution < 1.29 is 23.3 Å². The molecule has 1 fully saturated rings. The van der Waals surface area contributed by atoms with Gasteiger partial charge in [0, 0.05) is 33.2 Å². The number of quaternary nitrogens is 1. The van der Waals surface area contributed by atoms with Gasteiger partial charge in [-0.3, -0.25) is 9.59 Å². The van der Waals surface area contributed by atoms with E-state index in [-0.39, 0.29) is 47.9 Å². The van der Waals surface area contributed by atoms with E-state index in [0.717, 1.165) is 0 Å². The highest BCUT2D eigenvalue weighted by Crippen LogP contribution is 2.24. The highest BCUT2D eigenvalue weighted by atomic mass is 35.5. The van der Waals surface area contributed by atoms with E-state index in [0.29, 0.717) is 13.1 Å². The van der Waals surface area contributed by atoms with Crippen LogP contribution in [-0.2, 0) is 19.6 Å². The lowest BCUT2D eigenvalue weighted by Crippen LogP contribution is -2.88. The first-order valence-electron chi connectivity index (χ1n) is 7.91. The monoisotopic (exact) mass is 389 g/mol.